The molecule has 0 aliphatic rings. The van der Waals surface area contributed by atoms with E-state index >= 15 is 0 Å². The van der Waals surface area contributed by atoms with Crippen LogP contribution in [0.3, 0.4) is 0 Å². The van der Waals surface area contributed by atoms with Crippen LogP contribution in [-0.4, -0.2) is 14.1 Å². The number of aryl methyl sites for hydroxylation is 1. The Labute approximate surface area is 215 Å². The molecule has 1 heterocycles. The van der Waals surface area contributed by atoms with Crippen molar-refractivity contribution in [1.29, 1.82) is 0 Å². The molecule has 3 heteroatoms. The highest BCUT2D eigenvalue weighted by Gasteiger charge is 2.00. The number of anilines is 1. The van der Waals surface area contributed by atoms with E-state index in [2.05, 4.69) is 91.4 Å². The molecule has 0 spiro atoms. The number of unbranched alkanes of at least 4 members (excludes halogenated alkanes) is 11. The minimum absolute atomic E-state index is 0. The lowest BCUT2D eigenvalue weighted by molar-refractivity contribution is -0.697. The second kappa shape index (κ2) is 18.1. The van der Waals surface area contributed by atoms with Crippen molar-refractivity contribution in [1.82, 2.24) is 0 Å². The Morgan fingerprint density at radius 1 is 0.625 bits per heavy atom. The van der Waals surface area contributed by atoms with Gasteiger partial charge in [0.05, 0.1) is 0 Å². The molecule has 0 fully saturated rings. The molecule has 0 aliphatic heterocycles. The van der Waals surface area contributed by atoms with E-state index in [0.717, 1.165) is 6.54 Å². The second-order valence-electron chi connectivity index (χ2n) is 9.08. The van der Waals surface area contributed by atoms with Crippen molar-refractivity contribution in [2.45, 2.75) is 90.5 Å². The molecule has 2 rings (SSSR count). The van der Waals surface area contributed by atoms with Crippen molar-refractivity contribution >= 4 is 17.8 Å². The molecular formula is C29H45IN2. The van der Waals surface area contributed by atoms with Gasteiger partial charge in [-0.3, -0.25) is 0 Å². The van der Waals surface area contributed by atoms with Gasteiger partial charge in [-0.1, -0.05) is 95.4 Å². The molecule has 2 aromatic rings. The third kappa shape index (κ3) is 12.6. The summed E-state index contributed by atoms with van der Waals surface area (Å²) in [5.74, 6) is 0. The van der Waals surface area contributed by atoms with Gasteiger partial charge in [0.1, 0.15) is 6.54 Å². The van der Waals surface area contributed by atoms with Crippen molar-refractivity contribution in [3.05, 3.63) is 59.9 Å². The van der Waals surface area contributed by atoms with Gasteiger partial charge in [-0.15, -0.1) is 0 Å². The van der Waals surface area contributed by atoms with E-state index in [1.54, 1.807) is 0 Å². The fourth-order valence-electron chi connectivity index (χ4n) is 3.94. The highest BCUT2D eigenvalue weighted by molar-refractivity contribution is 5.70. The number of rotatable bonds is 16. The molecule has 0 amide bonds. The van der Waals surface area contributed by atoms with Crippen LogP contribution in [0.25, 0.3) is 12.2 Å². The molecule has 0 bridgehead atoms. The predicted molar refractivity (Wildman–Crippen MR) is 137 cm³/mol. The van der Waals surface area contributed by atoms with Gasteiger partial charge in [-0.25, -0.2) is 4.57 Å². The average Bonchev–Trinajstić information content (AvgIpc) is 2.79. The van der Waals surface area contributed by atoms with Gasteiger partial charge >= 0.3 is 0 Å². The summed E-state index contributed by atoms with van der Waals surface area (Å²) in [7, 11) is 4.14. The Morgan fingerprint density at radius 2 is 1.06 bits per heavy atom. The van der Waals surface area contributed by atoms with E-state index in [-0.39, 0.29) is 24.0 Å². The Kier molecular flexibility index (Phi) is 16.2. The third-order valence-corrected chi connectivity index (χ3v) is 6.06. The minimum atomic E-state index is 0. The first-order chi connectivity index (χ1) is 15.2. The van der Waals surface area contributed by atoms with Crippen LogP contribution < -0.4 is 33.4 Å². The van der Waals surface area contributed by atoms with Gasteiger partial charge in [0, 0.05) is 38.3 Å². The SMILES string of the molecule is CCCCCCCCCCCCCC[n+]1ccc(C=Cc2ccc(N(C)C)cc2)cc1.[I-]. The quantitative estimate of drug-likeness (QED) is 0.164. The first-order valence-corrected chi connectivity index (χ1v) is 12.6. The minimum Gasteiger partial charge on any atom is -1.00 e. The third-order valence-electron chi connectivity index (χ3n) is 6.06. The van der Waals surface area contributed by atoms with Crippen molar-refractivity contribution < 1.29 is 28.5 Å². The largest absolute Gasteiger partial charge is 1.00 e. The molecule has 0 N–H and O–H groups in total. The van der Waals surface area contributed by atoms with Crippen LogP contribution in [0.5, 0.6) is 0 Å². The highest BCUT2D eigenvalue weighted by Crippen LogP contribution is 2.15. The monoisotopic (exact) mass is 548 g/mol. The van der Waals surface area contributed by atoms with Crippen LogP contribution in [-0.2, 0) is 6.54 Å². The van der Waals surface area contributed by atoms with Crippen LogP contribution in [0, 0.1) is 0 Å². The molecule has 0 atom stereocenters. The van der Waals surface area contributed by atoms with Gasteiger partial charge in [-0.05, 0) is 29.7 Å². The van der Waals surface area contributed by atoms with Crippen LogP contribution >= 0.6 is 0 Å². The van der Waals surface area contributed by atoms with Gasteiger partial charge in [0.15, 0.2) is 12.4 Å². The van der Waals surface area contributed by atoms with Gasteiger partial charge in [-0.2, -0.15) is 0 Å². The zero-order valence-corrected chi connectivity index (χ0v) is 22.9. The van der Waals surface area contributed by atoms with E-state index in [9.17, 15) is 0 Å². The maximum Gasteiger partial charge on any atom is 0.169 e. The summed E-state index contributed by atoms with van der Waals surface area (Å²) in [5, 5.41) is 0. The second-order valence-corrected chi connectivity index (χ2v) is 9.08. The van der Waals surface area contributed by atoms with Crippen molar-refractivity contribution in [3.63, 3.8) is 0 Å². The molecule has 178 valence electrons. The van der Waals surface area contributed by atoms with E-state index in [1.165, 1.54) is 93.9 Å². The molecule has 32 heavy (non-hydrogen) atoms. The lowest BCUT2D eigenvalue weighted by atomic mass is 10.1. The normalized spacial score (nSPS) is 11.0. The van der Waals surface area contributed by atoms with Gasteiger partial charge < -0.3 is 28.9 Å². The Morgan fingerprint density at radius 3 is 1.53 bits per heavy atom. The fraction of sp³-hybridized carbons (Fsp3) is 0.552. The summed E-state index contributed by atoms with van der Waals surface area (Å²) < 4.78 is 2.32. The first-order valence-electron chi connectivity index (χ1n) is 12.6. The molecular weight excluding hydrogens is 503 g/mol. The van der Waals surface area contributed by atoms with Crippen molar-refractivity contribution in [2.75, 3.05) is 19.0 Å². The molecule has 0 unspecified atom stereocenters. The molecule has 2 nitrogen and oxygen atoms in total. The number of hydrogen-bond acceptors (Lipinski definition) is 1. The van der Waals surface area contributed by atoms with E-state index < -0.39 is 0 Å². The molecule has 1 aromatic heterocycles. The Bertz CT molecular complexity index is 720. The number of halogens is 1. The highest BCUT2D eigenvalue weighted by atomic mass is 127. The van der Waals surface area contributed by atoms with Gasteiger partial charge in [0.2, 0.25) is 0 Å². The summed E-state index contributed by atoms with van der Waals surface area (Å²) in [6.45, 7) is 3.42. The molecule has 0 aliphatic carbocycles. The summed E-state index contributed by atoms with van der Waals surface area (Å²) in [4.78, 5) is 2.12. The number of hydrogen-bond donors (Lipinski definition) is 0. The number of pyridine rings is 1. The van der Waals surface area contributed by atoms with E-state index in [0.29, 0.717) is 0 Å². The fourth-order valence-corrected chi connectivity index (χ4v) is 3.94. The summed E-state index contributed by atoms with van der Waals surface area (Å²) in [6.07, 6.45) is 25.7. The number of aromatic nitrogens is 1. The van der Waals surface area contributed by atoms with E-state index in [1.807, 2.05) is 0 Å². The molecule has 0 radical (unpaired) electrons. The summed E-state index contributed by atoms with van der Waals surface area (Å²) >= 11 is 0. The van der Waals surface area contributed by atoms with Crippen LogP contribution in [0.15, 0.2) is 48.8 Å². The molecule has 1 aromatic carbocycles. The van der Waals surface area contributed by atoms with Crippen LogP contribution in [0.1, 0.15) is 95.1 Å². The average molecular weight is 549 g/mol. The van der Waals surface area contributed by atoms with Gasteiger partial charge in [0.25, 0.3) is 0 Å². The van der Waals surface area contributed by atoms with E-state index in [4.69, 9.17) is 0 Å². The number of benzene rings is 1. The zero-order valence-electron chi connectivity index (χ0n) is 20.7. The smallest absolute Gasteiger partial charge is 0.169 e. The van der Waals surface area contributed by atoms with Crippen LogP contribution in [0.4, 0.5) is 5.69 Å². The maximum absolute atomic E-state index is 2.32. The lowest BCUT2D eigenvalue weighted by Gasteiger charge is -2.11. The lowest BCUT2D eigenvalue weighted by Crippen LogP contribution is -3.00. The van der Waals surface area contributed by atoms with Crippen molar-refractivity contribution in [2.24, 2.45) is 0 Å². The maximum atomic E-state index is 2.32. The topological polar surface area (TPSA) is 7.12 Å². The summed E-state index contributed by atoms with van der Waals surface area (Å²) in [5.41, 5.74) is 3.72. The summed E-state index contributed by atoms with van der Waals surface area (Å²) in [6, 6.07) is 13.1. The first kappa shape index (κ1) is 28.7. The van der Waals surface area contributed by atoms with Crippen LogP contribution in [0.2, 0.25) is 0 Å². The predicted octanol–water partition coefficient (Wildman–Crippen LogP) is 4.92. The zero-order chi connectivity index (χ0) is 22.2. The van der Waals surface area contributed by atoms with Crippen molar-refractivity contribution in [3.8, 4) is 0 Å². The standard InChI is InChI=1S/C29H45N2.HI/c1-4-5-6-7-8-9-10-11-12-13-14-15-24-31-25-22-28(23-26-31)17-16-27-18-20-29(21-19-27)30(2)3;/h16-23,25-26H,4-15,24H2,1-3H3;1H/q+1;/p-1. The number of nitrogens with zero attached hydrogens (tertiary/aromatic N) is 2. The Balaban J connectivity index is 0.00000512. The molecule has 0 saturated carbocycles. The molecule has 0 saturated heterocycles. The Hall–Kier alpha value is -1.36.